The fourth-order valence-electron chi connectivity index (χ4n) is 2.24. The summed E-state index contributed by atoms with van der Waals surface area (Å²) in [5.74, 6) is 0.456. The van der Waals surface area contributed by atoms with E-state index in [1.54, 1.807) is 0 Å². The van der Waals surface area contributed by atoms with Gasteiger partial charge in [-0.15, -0.1) is 12.4 Å². The standard InChI is InChI=1S/C14H19BrN2O.ClH/c1-17(14(18)12-6-8-16-10-12)9-7-11-2-4-13(15)5-3-11;/h2-5,12,16H,6-10H2,1H3;1H. The lowest BCUT2D eigenvalue weighted by Gasteiger charge is -2.20. The minimum atomic E-state index is 0. The molecule has 106 valence electrons. The molecule has 19 heavy (non-hydrogen) atoms. The molecule has 1 aliphatic heterocycles. The predicted molar refractivity (Wildman–Crippen MR) is 83.7 cm³/mol. The van der Waals surface area contributed by atoms with Crippen LogP contribution in [0.5, 0.6) is 0 Å². The highest BCUT2D eigenvalue weighted by Gasteiger charge is 2.24. The molecule has 1 heterocycles. The molecular formula is C14H20BrClN2O. The maximum atomic E-state index is 12.1. The van der Waals surface area contributed by atoms with Gasteiger partial charge in [0.05, 0.1) is 5.92 Å². The third kappa shape index (κ3) is 4.79. The maximum absolute atomic E-state index is 12.1. The summed E-state index contributed by atoms with van der Waals surface area (Å²) in [6.45, 7) is 2.59. The van der Waals surface area contributed by atoms with Gasteiger partial charge in [0.1, 0.15) is 0 Å². The van der Waals surface area contributed by atoms with Gasteiger partial charge in [-0.1, -0.05) is 28.1 Å². The molecule has 0 aromatic heterocycles. The Balaban J connectivity index is 0.00000180. The van der Waals surface area contributed by atoms with Gasteiger partial charge in [-0.05, 0) is 37.1 Å². The van der Waals surface area contributed by atoms with Crippen LogP contribution < -0.4 is 5.32 Å². The molecule has 1 N–H and O–H groups in total. The Morgan fingerprint density at radius 3 is 2.68 bits per heavy atom. The molecule has 2 rings (SSSR count). The van der Waals surface area contributed by atoms with Gasteiger partial charge in [0.25, 0.3) is 0 Å². The summed E-state index contributed by atoms with van der Waals surface area (Å²) < 4.78 is 1.09. The molecule has 1 aliphatic rings. The van der Waals surface area contributed by atoms with Crippen LogP contribution in [0.25, 0.3) is 0 Å². The fourth-order valence-corrected chi connectivity index (χ4v) is 2.50. The third-order valence-electron chi connectivity index (χ3n) is 3.43. The van der Waals surface area contributed by atoms with Gasteiger partial charge in [-0.2, -0.15) is 0 Å². The van der Waals surface area contributed by atoms with Crippen LogP contribution in [0.4, 0.5) is 0 Å². The monoisotopic (exact) mass is 346 g/mol. The van der Waals surface area contributed by atoms with Crippen molar-refractivity contribution in [3.05, 3.63) is 34.3 Å². The van der Waals surface area contributed by atoms with Crippen LogP contribution >= 0.6 is 28.3 Å². The van der Waals surface area contributed by atoms with Gasteiger partial charge < -0.3 is 10.2 Å². The lowest BCUT2D eigenvalue weighted by molar-refractivity contribution is -0.133. The van der Waals surface area contributed by atoms with Crippen molar-refractivity contribution in [1.82, 2.24) is 10.2 Å². The Morgan fingerprint density at radius 2 is 2.11 bits per heavy atom. The van der Waals surface area contributed by atoms with E-state index in [-0.39, 0.29) is 24.2 Å². The second kappa shape index (κ2) is 7.88. The first-order valence-electron chi connectivity index (χ1n) is 6.37. The van der Waals surface area contributed by atoms with Crippen LogP contribution in [-0.4, -0.2) is 37.5 Å². The highest BCUT2D eigenvalue weighted by atomic mass is 79.9. The molecule has 5 heteroatoms. The molecule has 1 fully saturated rings. The summed E-state index contributed by atoms with van der Waals surface area (Å²) in [5.41, 5.74) is 1.27. The quantitative estimate of drug-likeness (QED) is 0.907. The maximum Gasteiger partial charge on any atom is 0.226 e. The van der Waals surface area contributed by atoms with Crippen LogP contribution in [0.1, 0.15) is 12.0 Å². The Hall–Kier alpha value is -0.580. The Labute approximate surface area is 129 Å². The average Bonchev–Trinajstić information content (AvgIpc) is 2.90. The molecule has 1 aromatic rings. The Morgan fingerprint density at radius 1 is 1.42 bits per heavy atom. The molecule has 1 saturated heterocycles. The highest BCUT2D eigenvalue weighted by molar-refractivity contribution is 9.10. The summed E-state index contributed by atoms with van der Waals surface area (Å²) >= 11 is 3.42. The van der Waals surface area contributed by atoms with Crippen molar-refractivity contribution in [2.75, 3.05) is 26.7 Å². The molecule has 1 atom stereocenters. The molecule has 0 spiro atoms. The first-order valence-corrected chi connectivity index (χ1v) is 7.16. The van der Waals surface area contributed by atoms with Crippen LogP contribution in [0.3, 0.4) is 0 Å². The molecule has 0 saturated carbocycles. The number of nitrogens with one attached hydrogen (secondary N) is 1. The number of amides is 1. The van der Waals surface area contributed by atoms with Crippen molar-refractivity contribution in [1.29, 1.82) is 0 Å². The first-order chi connectivity index (χ1) is 8.66. The minimum absolute atomic E-state index is 0. The van der Waals surface area contributed by atoms with E-state index in [9.17, 15) is 4.79 Å². The summed E-state index contributed by atoms with van der Waals surface area (Å²) in [7, 11) is 1.90. The lowest BCUT2D eigenvalue weighted by Crippen LogP contribution is -2.35. The van der Waals surface area contributed by atoms with E-state index in [0.717, 1.165) is 36.9 Å². The number of benzene rings is 1. The van der Waals surface area contributed by atoms with Gasteiger partial charge in [0.2, 0.25) is 5.91 Å². The number of carbonyl (C=O) groups excluding carboxylic acids is 1. The van der Waals surface area contributed by atoms with E-state index in [1.807, 2.05) is 24.1 Å². The third-order valence-corrected chi connectivity index (χ3v) is 3.96. The SMILES string of the molecule is CN(CCc1ccc(Br)cc1)C(=O)C1CCNC1.Cl. The van der Waals surface area contributed by atoms with Crippen molar-refractivity contribution >= 4 is 34.2 Å². The molecule has 1 amide bonds. The highest BCUT2D eigenvalue weighted by Crippen LogP contribution is 2.13. The predicted octanol–water partition coefficient (Wildman–Crippen LogP) is 2.48. The number of carbonyl (C=O) groups is 1. The van der Waals surface area contributed by atoms with Crippen LogP contribution in [0, 0.1) is 5.92 Å². The molecule has 0 bridgehead atoms. The Bertz CT molecular complexity index is 404. The van der Waals surface area contributed by atoms with Crippen molar-refractivity contribution in [2.24, 2.45) is 5.92 Å². The molecule has 1 aromatic carbocycles. The zero-order valence-electron chi connectivity index (χ0n) is 11.1. The van der Waals surface area contributed by atoms with Crippen molar-refractivity contribution < 1.29 is 4.79 Å². The van der Waals surface area contributed by atoms with Crippen molar-refractivity contribution in [2.45, 2.75) is 12.8 Å². The van der Waals surface area contributed by atoms with Crippen molar-refractivity contribution in [3.8, 4) is 0 Å². The first kappa shape index (κ1) is 16.5. The largest absolute Gasteiger partial charge is 0.345 e. The van der Waals surface area contributed by atoms with Gasteiger partial charge in [-0.25, -0.2) is 0 Å². The van der Waals surface area contributed by atoms with E-state index >= 15 is 0 Å². The van der Waals surface area contributed by atoms with Crippen molar-refractivity contribution in [3.63, 3.8) is 0 Å². The number of likely N-dealkylation sites (N-methyl/N-ethyl adjacent to an activating group) is 1. The molecule has 1 unspecified atom stereocenters. The lowest BCUT2D eigenvalue weighted by atomic mass is 10.1. The zero-order chi connectivity index (χ0) is 13.0. The van der Waals surface area contributed by atoms with Gasteiger partial charge >= 0.3 is 0 Å². The summed E-state index contributed by atoms with van der Waals surface area (Å²) in [6.07, 6.45) is 1.89. The summed E-state index contributed by atoms with van der Waals surface area (Å²) in [5, 5.41) is 3.24. The minimum Gasteiger partial charge on any atom is -0.345 e. The van der Waals surface area contributed by atoms with E-state index in [4.69, 9.17) is 0 Å². The van der Waals surface area contributed by atoms with E-state index in [1.165, 1.54) is 5.56 Å². The van der Waals surface area contributed by atoms with Crippen LogP contribution in [0.15, 0.2) is 28.7 Å². The molecule has 0 radical (unpaired) electrons. The van der Waals surface area contributed by atoms with Gasteiger partial charge in [0, 0.05) is 24.6 Å². The summed E-state index contributed by atoms with van der Waals surface area (Å²) in [4.78, 5) is 14.0. The normalized spacial score (nSPS) is 17.9. The molecule has 0 aliphatic carbocycles. The van der Waals surface area contributed by atoms with E-state index in [2.05, 4.69) is 33.4 Å². The zero-order valence-corrected chi connectivity index (χ0v) is 13.5. The van der Waals surface area contributed by atoms with Crippen LogP contribution in [-0.2, 0) is 11.2 Å². The fraction of sp³-hybridized carbons (Fsp3) is 0.500. The molecular weight excluding hydrogens is 328 g/mol. The average molecular weight is 348 g/mol. The number of rotatable bonds is 4. The second-order valence-corrected chi connectivity index (χ2v) is 5.74. The number of hydrogen-bond acceptors (Lipinski definition) is 2. The molecule has 3 nitrogen and oxygen atoms in total. The van der Waals surface area contributed by atoms with Crippen LogP contribution in [0.2, 0.25) is 0 Å². The topological polar surface area (TPSA) is 32.3 Å². The number of halogens is 2. The number of nitrogens with zero attached hydrogens (tertiary/aromatic N) is 1. The van der Waals surface area contributed by atoms with Gasteiger partial charge in [-0.3, -0.25) is 4.79 Å². The summed E-state index contributed by atoms with van der Waals surface area (Å²) in [6, 6.07) is 8.27. The van der Waals surface area contributed by atoms with E-state index < -0.39 is 0 Å². The second-order valence-electron chi connectivity index (χ2n) is 4.83. The number of hydrogen-bond donors (Lipinski definition) is 1. The Kier molecular flexibility index (Phi) is 6.83. The van der Waals surface area contributed by atoms with Gasteiger partial charge in [0.15, 0.2) is 0 Å². The van der Waals surface area contributed by atoms with E-state index in [0.29, 0.717) is 0 Å². The smallest absolute Gasteiger partial charge is 0.226 e.